The SMILES string of the molecule is CC(C(=O)NCCc1ncc[nH]1)S(C)(=O)=O. The number of H-pyrrole nitrogens is 1. The van der Waals surface area contributed by atoms with Crippen molar-refractivity contribution in [1.29, 1.82) is 0 Å². The second kappa shape index (κ2) is 5.11. The number of aromatic amines is 1. The summed E-state index contributed by atoms with van der Waals surface area (Å²) in [5.74, 6) is 0.279. The van der Waals surface area contributed by atoms with E-state index in [1.807, 2.05) is 0 Å². The van der Waals surface area contributed by atoms with Gasteiger partial charge in [0, 0.05) is 31.6 Å². The second-order valence-electron chi connectivity index (χ2n) is 3.55. The molecule has 0 spiro atoms. The number of nitrogens with zero attached hydrogens (tertiary/aromatic N) is 1. The van der Waals surface area contributed by atoms with E-state index in [0.717, 1.165) is 12.1 Å². The maximum atomic E-state index is 11.4. The Bertz CT molecular complexity index is 439. The Balaban J connectivity index is 2.36. The zero-order valence-electron chi connectivity index (χ0n) is 9.23. The van der Waals surface area contributed by atoms with Gasteiger partial charge in [-0.05, 0) is 6.92 Å². The Morgan fingerprint density at radius 3 is 2.81 bits per heavy atom. The summed E-state index contributed by atoms with van der Waals surface area (Å²) in [4.78, 5) is 18.3. The van der Waals surface area contributed by atoms with Gasteiger partial charge in [0.2, 0.25) is 5.91 Å². The third-order valence-corrected chi connectivity index (χ3v) is 3.73. The van der Waals surface area contributed by atoms with Crippen molar-refractivity contribution >= 4 is 15.7 Å². The standard InChI is InChI=1S/C9H15N3O3S/c1-7(16(2,14)15)9(13)12-4-3-8-10-5-6-11-8/h5-7H,3-4H2,1-2H3,(H,10,11)(H,12,13). The highest BCUT2D eigenvalue weighted by Gasteiger charge is 2.22. The van der Waals surface area contributed by atoms with Gasteiger partial charge in [-0.1, -0.05) is 0 Å². The fourth-order valence-corrected chi connectivity index (χ4v) is 1.55. The van der Waals surface area contributed by atoms with Gasteiger partial charge in [-0.3, -0.25) is 4.79 Å². The lowest BCUT2D eigenvalue weighted by molar-refractivity contribution is -0.120. The average Bonchev–Trinajstić information content (AvgIpc) is 2.67. The number of sulfone groups is 1. The lowest BCUT2D eigenvalue weighted by atomic mass is 10.4. The Hall–Kier alpha value is -1.37. The molecule has 1 aromatic rings. The Kier molecular flexibility index (Phi) is 4.05. The van der Waals surface area contributed by atoms with Gasteiger partial charge in [0.25, 0.3) is 0 Å². The molecule has 1 atom stereocenters. The van der Waals surface area contributed by atoms with Crippen LogP contribution in [0, 0.1) is 0 Å². The van der Waals surface area contributed by atoms with Crippen molar-refractivity contribution in [3.8, 4) is 0 Å². The molecule has 0 aliphatic rings. The Labute approximate surface area is 94.4 Å². The van der Waals surface area contributed by atoms with Gasteiger partial charge >= 0.3 is 0 Å². The number of rotatable bonds is 5. The first-order chi connectivity index (χ1) is 7.41. The fourth-order valence-electron chi connectivity index (χ4n) is 1.08. The van der Waals surface area contributed by atoms with Gasteiger partial charge < -0.3 is 10.3 Å². The van der Waals surface area contributed by atoms with E-state index in [1.54, 1.807) is 12.4 Å². The van der Waals surface area contributed by atoms with Crippen LogP contribution in [0.15, 0.2) is 12.4 Å². The first-order valence-electron chi connectivity index (χ1n) is 4.86. The van der Waals surface area contributed by atoms with Crippen LogP contribution < -0.4 is 5.32 Å². The quantitative estimate of drug-likeness (QED) is 0.731. The Morgan fingerprint density at radius 2 is 2.31 bits per heavy atom. The molecule has 0 saturated carbocycles. The molecule has 0 bridgehead atoms. The van der Waals surface area contributed by atoms with Gasteiger partial charge in [-0.25, -0.2) is 13.4 Å². The Morgan fingerprint density at radius 1 is 1.62 bits per heavy atom. The lowest BCUT2D eigenvalue weighted by Gasteiger charge is -2.09. The van der Waals surface area contributed by atoms with Crippen LogP contribution in [0.2, 0.25) is 0 Å². The number of carbonyl (C=O) groups excluding carboxylic acids is 1. The molecule has 6 nitrogen and oxygen atoms in total. The van der Waals surface area contributed by atoms with Crippen LogP contribution >= 0.6 is 0 Å². The van der Waals surface area contributed by atoms with Crippen molar-refractivity contribution in [2.24, 2.45) is 0 Å². The van der Waals surface area contributed by atoms with E-state index in [1.165, 1.54) is 6.92 Å². The van der Waals surface area contributed by atoms with Crippen LogP contribution in [-0.2, 0) is 21.1 Å². The number of hydrogen-bond acceptors (Lipinski definition) is 4. The molecular weight excluding hydrogens is 230 g/mol. The molecule has 1 amide bonds. The number of aromatic nitrogens is 2. The molecule has 0 fully saturated rings. The monoisotopic (exact) mass is 245 g/mol. The molecule has 0 aliphatic carbocycles. The molecule has 2 N–H and O–H groups in total. The molecule has 0 aromatic carbocycles. The van der Waals surface area contributed by atoms with Crippen molar-refractivity contribution < 1.29 is 13.2 Å². The van der Waals surface area contributed by atoms with Crippen molar-refractivity contribution in [1.82, 2.24) is 15.3 Å². The van der Waals surface area contributed by atoms with E-state index in [-0.39, 0.29) is 0 Å². The molecule has 1 rings (SSSR count). The highest BCUT2D eigenvalue weighted by Crippen LogP contribution is 1.97. The van der Waals surface area contributed by atoms with E-state index in [2.05, 4.69) is 15.3 Å². The number of hydrogen-bond donors (Lipinski definition) is 2. The topological polar surface area (TPSA) is 91.9 Å². The summed E-state index contributed by atoms with van der Waals surface area (Å²) in [6, 6.07) is 0. The van der Waals surface area contributed by atoms with E-state index in [9.17, 15) is 13.2 Å². The third kappa shape index (κ3) is 3.65. The summed E-state index contributed by atoms with van der Waals surface area (Å²) in [5.41, 5.74) is 0. The molecule has 1 unspecified atom stereocenters. The summed E-state index contributed by atoms with van der Waals surface area (Å²) in [7, 11) is -3.32. The number of imidazole rings is 1. The smallest absolute Gasteiger partial charge is 0.238 e. The largest absolute Gasteiger partial charge is 0.355 e. The number of carbonyl (C=O) groups is 1. The van der Waals surface area contributed by atoms with Gasteiger partial charge in [-0.15, -0.1) is 0 Å². The van der Waals surface area contributed by atoms with E-state index < -0.39 is 21.0 Å². The molecule has 90 valence electrons. The summed E-state index contributed by atoms with van der Waals surface area (Å²) < 4.78 is 22.2. The minimum Gasteiger partial charge on any atom is -0.355 e. The summed E-state index contributed by atoms with van der Waals surface area (Å²) in [5, 5.41) is 1.54. The van der Waals surface area contributed by atoms with Gasteiger partial charge in [0.1, 0.15) is 11.1 Å². The zero-order valence-corrected chi connectivity index (χ0v) is 10.0. The third-order valence-electron chi connectivity index (χ3n) is 2.23. The minimum atomic E-state index is -3.32. The van der Waals surface area contributed by atoms with Crippen molar-refractivity contribution in [2.45, 2.75) is 18.6 Å². The predicted molar refractivity (Wildman–Crippen MR) is 59.6 cm³/mol. The lowest BCUT2D eigenvalue weighted by Crippen LogP contribution is -2.38. The fraction of sp³-hybridized carbons (Fsp3) is 0.556. The first-order valence-corrected chi connectivity index (χ1v) is 6.81. The van der Waals surface area contributed by atoms with Crippen molar-refractivity contribution in [3.05, 3.63) is 18.2 Å². The summed E-state index contributed by atoms with van der Waals surface area (Å²) in [6.45, 7) is 1.74. The van der Waals surface area contributed by atoms with Crippen molar-refractivity contribution in [3.63, 3.8) is 0 Å². The van der Waals surface area contributed by atoms with Crippen LogP contribution in [0.4, 0.5) is 0 Å². The highest BCUT2D eigenvalue weighted by molar-refractivity contribution is 7.92. The summed E-state index contributed by atoms with van der Waals surface area (Å²) >= 11 is 0. The number of amides is 1. The molecule has 0 saturated heterocycles. The summed E-state index contributed by atoms with van der Waals surface area (Å²) in [6.07, 6.45) is 4.91. The van der Waals surface area contributed by atoms with Gasteiger partial charge in [0.05, 0.1) is 0 Å². The van der Waals surface area contributed by atoms with E-state index >= 15 is 0 Å². The van der Waals surface area contributed by atoms with E-state index in [4.69, 9.17) is 0 Å². The molecule has 0 radical (unpaired) electrons. The van der Waals surface area contributed by atoms with Crippen LogP contribution in [-0.4, -0.2) is 42.3 Å². The predicted octanol–water partition coefficient (Wildman–Crippen LogP) is -0.499. The van der Waals surface area contributed by atoms with E-state index in [0.29, 0.717) is 13.0 Å². The van der Waals surface area contributed by atoms with Crippen LogP contribution in [0.25, 0.3) is 0 Å². The first kappa shape index (κ1) is 12.7. The minimum absolute atomic E-state index is 0.367. The van der Waals surface area contributed by atoms with Crippen LogP contribution in [0.5, 0.6) is 0 Å². The normalized spacial score (nSPS) is 13.4. The molecule has 16 heavy (non-hydrogen) atoms. The highest BCUT2D eigenvalue weighted by atomic mass is 32.2. The van der Waals surface area contributed by atoms with Crippen LogP contribution in [0.3, 0.4) is 0 Å². The van der Waals surface area contributed by atoms with Gasteiger partial charge in [0.15, 0.2) is 9.84 Å². The maximum Gasteiger partial charge on any atom is 0.238 e. The van der Waals surface area contributed by atoms with Gasteiger partial charge in [-0.2, -0.15) is 0 Å². The molecule has 1 aromatic heterocycles. The zero-order chi connectivity index (χ0) is 12.2. The molecule has 7 heteroatoms. The van der Waals surface area contributed by atoms with Crippen molar-refractivity contribution in [2.75, 3.05) is 12.8 Å². The average molecular weight is 245 g/mol. The second-order valence-corrected chi connectivity index (χ2v) is 5.91. The van der Waals surface area contributed by atoms with Crippen LogP contribution in [0.1, 0.15) is 12.7 Å². The molecular formula is C9H15N3O3S. The molecule has 0 aliphatic heterocycles. The maximum absolute atomic E-state index is 11.4. The molecule has 1 heterocycles. The number of nitrogens with one attached hydrogen (secondary N) is 2.